The lowest BCUT2D eigenvalue weighted by atomic mass is 10.1. The molecule has 0 amide bonds. The van der Waals surface area contributed by atoms with Crippen molar-refractivity contribution < 1.29 is 9.90 Å². The van der Waals surface area contributed by atoms with E-state index >= 15 is 0 Å². The Morgan fingerprint density at radius 3 is 2.70 bits per heavy atom. The zero-order valence-electron chi connectivity index (χ0n) is 11.0. The average molecular weight is 266 g/mol. The van der Waals surface area contributed by atoms with Gasteiger partial charge in [0, 0.05) is 17.3 Å². The summed E-state index contributed by atoms with van der Waals surface area (Å²) in [6.45, 7) is 1.93. The summed E-state index contributed by atoms with van der Waals surface area (Å²) in [5.74, 6) is -0.279. The summed E-state index contributed by atoms with van der Waals surface area (Å²) in [6, 6.07) is 11.9. The number of hydrogen-bond donors (Lipinski definition) is 2. The van der Waals surface area contributed by atoms with E-state index in [1.807, 2.05) is 19.1 Å². The molecule has 1 heterocycles. The van der Waals surface area contributed by atoms with Crippen LogP contribution in [0, 0.1) is 6.92 Å². The number of nitrogens with two attached hydrogens (primary N) is 1. The molecule has 1 aromatic heterocycles. The fourth-order valence-electron chi connectivity index (χ4n) is 2.36. The van der Waals surface area contributed by atoms with E-state index in [0.29, 0.717) is 5.69 Å². The normalized spacial score (nSPS) is 10.8. The molecule has 3 N–H and O–H groups in total. The molecule has 0 aliphatic carbocycles. The summed E-state index contributed by atoms with van der Waals surface area (Å²) in [5, 5.41) is 10.7. The third-order valence-corrected chi connectivity index (χ3v) is 3.38. The molecule has 4 heteroatoms. The lowest BCUT2D eigenvalue weighted by Gasteiger charge is -2.06. The number of nitrogen functional groups attached to an aromatic ring is 1. The van der Waals surface area contributed by atoms with E-state index in [2.05, 4.69) is 0 Å². The van der Waals surface area contributed by atoms with Gasteiger partial charge in [0.15, 0.2) is 0 Å². The van der Waals surface area contributed by atoms with E-state index in [1.165, 1.54) is 6.07 Å². The number of carbonyl (C=O) groups is 1. The lowest BCUT2D eigenvalue weighted by molar-refractivity contribution is 0.0962. The molecule has 0 saturated carbocycles. The molecular weight excluding hydrogens is 252 g/mol. The molecule has 2 aromatic carbocycles. The fourth-order valence-corrected chi connectivity index (χ4v) is 2.36. The van der Waals surface area contributed by atoms with Crippen molar-refractivity contribution in [2.45, 2.75) is 6.92 Å². The van der Waals surface area contributed by atoms with Crippen LogP contribution < -0.4 is 5.73 Å². The van der Waals surface area contributed by atoms with E-state index in [0.717, 1.165) is 16.5 Å². The molecule has 20 heavy (non-hydrogen) atoms. The van der Waals surface area contributed by atoms with Gasteiger partial charge < -0.3 is 10.8 Å². The van der Waals surface area contributed by atoms with Gasteiger partial charge in [-0.05, 0) is 42.8 Å². The van der Waals surface area contributed by atoms with Crippen molar-refractivity contribution in [1.82, 2.24) is 4.57 Å². The fraction of sp³-hybridized carbons (Fsp3) is 0.0625. The maximum absolute atomic E-state index is 12.6. The van der Waals surface area contributed by atoms with Crippen LogP contribution in [0.3, 0.4) is 0 Å². The van der Waals surface area contributed by atoms with Crippen LogP contribution in [0.2, 0.25) is 0 Å². The average Bonchev–Trinajstić information content (AvgIpc) is 2.76. The molecule has 0 bridgehead atoms. The van der Waals surface area contributed by atoms with E-state index in [1.54, 1.807) is 35.0 Å². The molecule has 0 unspecified atom stereocenters. The van der Waals surface area contributed by atoms with Crippen molar-refractivity contribution in [3.63, 3.8) is 0 Å². The van der Waals surface area contributed by atoms with Crippen molar-refractivity contribution in [3.8, 4) is 5.75 Å². The molecule has 3 aromatic rings. The predicted octanol–water partition coefficient (Wildman–Crippen LogP) is 2.93. The Balaban J connectivity index is 2.21. The Labute approximate surface area is 116 Å². The van der Waals surface area contributed by atoms with Crippen molar-refractivity contribution in [3.05, 3.63) is 59.8 Å². The number of benzene rings is 2. The minimum absolute atomic E-state index is 0.0209. The number of anilines is 1. The van der Waals surface area contributed by atoms with Gasteiger partial charge in [-0.15, -0.1) is 0 Å². The molecule has 0 aliphatic heterocycles. The van der Waals surface area contributed by atoms with E-state index < -0.39 is 0 Å². The SMILES string of the molecule is Cc1cn(C(=O)c2ccccc2O)c2ccc(N)cc12. The number of para-hydroxylation sites is 1. The van der Waals surface area contributed by atoms with Gasteiger partial charge in [-0.25, -0.2) is 0 Å². The van der Waals surface area contributed by atoms with E-state index in [4.69, 9.17) is 5.73 Å². The van der Waals surface area contributed by atoms with Crippen molar-refractivity contribution in [1.29, 1.82) is 0 Å². The summed E-state index contributed by atoms with van der Waals surface area (Å²) < 4.78 is 1.54. The van der Waals surface area contributed by atoms with Crippen LogP contribution in [0.5, 0.6) is 5.75 Å². The smallest absolute Gasteiger partial charge is 0.266 e. The number of fused-ring (bicyclic) bond motifs is 1. The Morgan fingerprint density at radius 2 is 1.95 bits per heavy atom. The Hall–Kier alpha value is -2.75. The number of aromatic hydroxyl groups is 1. The molecule has 100 valence electrons. The second-order valence-electron chi connectivity index (χ2n) is 4.78. The van der Waals surface area contributed by atoms with Crippen LogP contribution in [0.25, 0.3) is 10.9 Å². The van der Waals surface area contributed by atoms with E-state index in [9.17, 15) is 9.90 Å². The van der Waals surface area contributed by atoms with Crippen LogP contribution >= 0.6 is 0 Å². The van der Waals surface area contributed by atoms with Crippen LogP contribution in [0.4, 0.5) is 5.69 Å². The van der Waals surface area contributed by atoms with Crippen LogP contribution in [-0.2, 0) is 0 Å². The molecule has 0 radical (unpaired) electrons. The van der Waals surface area contributed by atoms with Gasteiger partial charge in [-0.1, -0.05) is 12.1 Å². The van der Waals surface area contributed by atoms with Crippen molar-refractivity contribution in [2.75, 3.05) is 5.73 Å². The maximum atomic E-state index is 12.6. The summed E-state index contributed by atoms with van der Waals surface area (Å²) in [6.07, 6.45) is 1.76. The van der Waals surface area contributed by atoms with Gasteiger partial charge in [0.25, 0.3) is 5.91 Å². The number of phenols is 1. The highest BCUT2D eigenvalue weighted by Crippen LogP contribution is 2.25. The van der Waals surface area contributed by atoms with Gasteiger partial charge in [-0.2, -0.15) is 0 Å². The van der Waals surface area contributed by atoms with Crippen LogP contribution in [-0.4, -0.2) is 15.6 Å². The zero-order valence-corrected chi connectivity index (χ0v) is 11.0. The van der Waals surface area contributed by atoms with Gasteiger partial charge >= 0.3 is 0 Å². The molecule has 0 atom stereocenters. The first-order valence-corrected chi connectivity index (χ1v) is 6.28. The van der Waals surface area contributed by atoms with Crippen molar-refractivity contribution >= 4 is 22.5 Å². The topological polar surface area (TPSA) is 68.2 Å². The number of aromatic nitrogens is 1. The Morgan fingerprint density at radius 1 is 1.20 bits per heavy atom. The second-order valence-corrected chi connectivity index (χ2v) is 4.78. The standard InChI is InChI=1S/C16H14N2O2/c1-10-9-18(14-7-6-11(17)8-13(10)14)16(20)12-4-2-3-5-15(12)19/h2-9,19H,17H2,1H3. The van der Waals surface area contributed by atoms with Gasteiger partial charge in [0.2, 0.25) is 0 Å². The molecular formula is C16H14N2O2. The van der Waals surface area contributed by atoms with Crippen LogP contribution in [0.1, 0.15) is 15.9 Å². The van der Waals surface area contributed by atoms with Gasteiger partial charge in [0.05, 0.1) is 11.1 Å². The highest BCUT2D eigenvalue weighted by molar-refractivity contribution is 6.04. The summed E-state index contributed by atoms with van der Waals surface area (Å²) in [4.78, 5) is 12.6. The lowest BCUT2D eigenvalue weighted by Crippen LogP contribution is -2.10. The largest absolute Gasteiger partial charge is 0.507 e. The Kier molecular flexibility index (Phi) is 2.71. The monoisotopic (exact) mass is 266 g/mol. The summed E-state index contributed by atoms with van der Waals surface area (Å²) in [5.41, 5.74) is 8.47. The number of nitrogens with zero attached hydrogens (tertiary/aromatic N) is 1. The number of rotatable bonds is 1. The number of aryl methyl sites for hydroxylation is 1. The highest BCUT2D eigenvalue weighted by Gasteiger charge is 2.16. The Bertz CT molecular complexity index is 818. The molecule has 0 saturated heterocycles. The zero-order chi connectivity index (χ0) is 14.3. The first-order valence-electron chi connectivity index (χ1n) is 6.28. The first kappa shape index (κ1) is 12.3. The van der Waals surface area contributed by atoms with Crippen LogP contribution in [0.15, 0.2) is 48.7 Å². The maximum Gasteiger partial charge on any atom is 0.266 e. The number of hydrogen-bond acceptors (Lipinski definition) is 3. The third-order valence-electron chi connectivity index (χ3n) is 3.38. The minimum atomic E-state index is -0.258. The summed E-state index contributed by atoms with van der Waals surface area (Å²) in [7, 11) is 0. The highest BCUT2D eigenvalue weighted by atomic mass is 16.3. The van der Waals surface area contributed by atoms with Crippen molar-refractivity contribution in [2.24, 2.45) is 0 Å². The number of carbonyl (C=O) groups excluding carboxylic acids is 1. The van der Waals surface area contributed by atoms with Gasteiger partial charge in [-0.3, -0.25) is 9.36 Å². The molecule has 4 nitrogen and oxygen atoms in total. The quantitative estimate of drug-likeness (QED) is 0.665. The molecule has 0 spiro atoms. The summed E-state index contributed by atoms with van der Waals surface area (Å²) >= 11 is 0. The number of phenolic OH excluding ortho intramolecular Hbond substituents is 1. The molecule has 0 aliphatic rings. The molecule has 3 rings (SSSR count). The predicted molar refractivity (Wildman–Crippen MR) is 78.9 cm³/mol. The second kappa shape index (κ2) is 4.42. The third kappa shape index (κ3) is 1.82. The minimum Gasteiger partial charge on any atom is -0.507 e. The van der Waals surface area contributed by atoms with E-state index in [-0.39, 0.29) is 17.2 Å². The van der Waals surface area contributed by atoms with Gasteiger partial charge in [0.1, 0.15) is 5.75 Å². The molecule has 0 fully saturated rings. The first-order chi connectivity index (χ1) is 9.58.